The lowest BCUT2D eigenvalue weighted by molar-refractivity contribution is -0.136. The van der Waals surface area contributed by atoms with Gasteiger partial charge in [0.05, 0.1) is 7.11 Å². The van der Waals surface area contributed by atoms with E-state index in [4.69, 9.17) is 4.74 Å². The van der Waals surface area contributed by atoms with Crippen molar-refractivity contribution in [3.8, 4) is 5.75 Å². The summed E-state index contributed by atoms with van der Waals surface area (Å²) in [6.07, 6.45) is 3.54. The van der Waals surface area contributed by atoms with Gasteiger partial charge in [-0.1, -0.05) is 12.1 Å². The van der Waals surface area contributed by atoms with Crippen molar-refractivity contribution in [2.45, 2.75) is 19.5 Å². The molecule has 6 nitrogen and oxygen atoms in total. The predicted octanol–water partition coefficient (Wildman–Crippen LogP) is 1.80. The molecule has 1 aliphatic rings. The largest absolute Gasteiger partial charge is 0.497 e. The third-order valence-electron chi connectivity index (χ3n) is 4.53. The Bertz CT molecular complexity index is 646. The molecule has 0 saturated carbocycles. The molecule has 0 aliphatic carbocycles. The van der Waals surface area contributed by atoms with Gasteiger partial charge in [-0.05, 0) is 30.7 Å². The van der Waals surface area contributed by atoms with Gasteiger partial charge in [-0.25, -0.2) is 0 Å². The molecule has 2 aromatic rings. The smallest absolute Gasteiger partial charge is 0.247 e. The number of carbonyl (C=O) groups excluding carboxylic acids is 1. The molecule has 128 valence electrons. The second-order valence-electron chi connectivity index (χ2n) is 6.11. The Kier molecular flexibility index (Phi) is 5.15. The van der Waals surface area contributed by atoms with E-state index in [1.165, 1.54) is 5.56 Å². The lowest BCUT2D eigenvalue weighted by Crippen LogP contribution is -2.49. The second-order valence-corrected chi connectivity index (χ2v) is 6.11. The molecule has 0 unspecified atom stereocenters. The van der Waals surface area contributed by atoms with Crippen molar-refractivity contribution in [1.29, 1.82) is 0 Å². The molecule has 0 spiro atoms. The third kappa shape index (κ3) is 3.76. The molecule has 1 amide bonds. The number of carbonyl (C=O) groups is 1. The van der Waals surface area contributed by atoms with E-state index in [1.54, 1.807) is 18.0 Å². The van der Waals surface area contributed by atoms with Crippen molar-refractivity contribution >= 4 is 5.91 Å². The number of benzene rings is 1. The molecule has 1 atom stereocenters. The van der Waals surface area contributed by atoms with E-state index in [9.17, 15) is 4.79 Å². The third-order valence-corrected chi connectivity index (χ3v) is 4.53. The van der Waals surface area contributed by atoms with Crippen LogP contribution in [-0.4, -0.2) is 58.8 Å². The van der Waals surface area contributed by atoms with Gasteiger partial charge < -0.3 is 9.64 Å². The first-order chi connectivity index (χ1) is 11.7. The maximum Gasteiger partial charge on any atom is 0.247 e. The summed E-state index contributed by atoms with van der Waals surface area (Å²) in [5.41, 5.74) is 1.26. The zero-order valence-electron chi connectivity index (χ0n) is 14.3. The van der Waals surface area contributed by atoms with Gasteiger partial charge >= 0.3 is 0 Å². The Balaban J connectivity index is 1.50. The Labute approximate surface area is 142 Å². The van der Waals surface area contributed by atoms with E-state index >= 15 is 0 Å². The second kappa shape index (κ2) is 7.49. The van der Waals surface area contributed by atoms with Crippen LogP contribution >= 0.6 is 0 Å². The topological polar surface area (TPSA) is 50.6 Å². The van der Waals surface area contributed by atoms with E-state index in [0.717, 1.165) is 38.5 Å². The average molecular weight is 328 g/mol. The minimum Gasteiger partial charge on any atom is -0.497 e. The number of ether oxygens (including phenoxy) is 1. The fourth-order valence-electron chi connectivity index (χ4n) is 3.00. The molecule has 0 bridgehead atoms. The van der Waals surface area contributed by atoms with E-state index in [2.05, 4.69) is 22.1 Å². The van der Waals surface area contributed by atoms with E-state index < -0.39 is 0 Å². The molecule has 1 aromatic carbocycles. The van der Waals surface area contributed by atoms with Crippen LogP contribution in [0.3, 0.4) is 0 Å². The van der Waals surface area contributed by atoms with Gasteiger partial charge in [-0.2, -0.15) is 5.10 Å². The first-order valence-electron chi connectivity index (χ1n) is 8.30. The predicted molar refractivity (Wildman–Crippen MR) is 91.8 cm³/mol. The van der Waals surface area contributed by atoms with Crippen LogP contribution in [0, 0.1) is 0 Å². The maximum atomic E-state index is 12.6. The lowest BCUT2D eigenvalue weighted by Gasteiger charge is -2.36. The molecular formula is C18H24N4O2. The summed E-state index contributed by atoms with van der Waals surface area (Å²) in [5, 5.41) is 4.17. The Morgan fingerprint density at radius 1 is 1.21 bits per heavy atom. The quantitative estimate of drug-likeness (QED) is 0.840. The highest BCUT2D eigenvalue weighted by Crippen LogP contribution is 2.15. The maximum absolute atomic E-state index is 12.6. The molecule has 6 heteroatoms. The summed E-state index contributed by atoms with van der Waals surface area (Å²) >= 11 is 0. The summed E-state index contributed by atoms with van der Waals surface area (Å²) in [6.45, 7) is 6.12. The highest BCUT2D eigenvalue weighted by molar-refractivity contribution is 5.80. The minimum absolute atomic E-state index is 0.141. The van der Waals surface area contributed by atoms with Crippen LogP contribution < -0.4 is 4.74 Å². The van der Waals surface area contributed by atoms with Crippen LogP contribution in [0.15, 0.2) is 42.7 Å². The number of hydrogen-bond donors (Lipinski definition) is 0. The van der Waals surface area contributed by atoms with Gasteiger partial charge in [-0.15, -0.1) is 0 Å². The Morgan fingerprint density at radius 2 is 1.92 bits per heavy atom. The minimum atomic E-state index is -0.242. The van der Waals surface area contributed by atoms with Crippen LogP contribution in [0.5, 0.6) is 5.75 Å². The number of nitrogens with zero attached hydrogens (tertiary/aromatic N) is 4. The average Bonchev–Trinajstić information content (AvgIpc) is 3.16. The van der Waals surface area contributed by atoms with Crippen molar-refractivity contribution in [3.63, 3.8) is 0 Å². The zero-order chi connectivity index (χ0) is 16.9. The number of rotatable bonds is 5. The fraction of sp³-hybridized carbons (Fsp3) is 0.444. The molecule has 0 N–H and O–H groups in total. The molecule has 1 saturated heterocycles. The van der Waals surface area contributed by atoms with Crippen LogP contribution in [0.25, 0.3) is 0 Å². The molecule has 1 aromatic heterocycles. The van der Waals surface area contributed by atoms with E-state index in [1.807, 2.05) is 36.2 Å². The number of hydrogen-bond acceptors (Lipinski definition) is 4. The van der Waals surface area contributed by atoms with Gasteiger partial charge in [0.25, 0.3) is 0 Å². The van der Waals surface area contributed by atoms with E-state index in [-0.39, 0.29) is 11.9 Å². The Hall–Kier alpha value is -2.34. The SMILES string of the molecule is COc1ccc(CN2CCN(C(=O)[C@@H](C)n3cccn3)CC2)cc1. The Morgan fingerprint density at radius 3 is 2.50 bits per heavy atom. The number of aromatic nitrogens is 2. The van der Waals surface area contributed by atoms with Gasteiger partial charge in [0.1, 0.15) is 11.8 Å². The van der Waals surface area contributed by atoms with Gasteiger partial charge in [0.2, 0.25) is 5.91 Å². The normalized spacial score (nSPS) is 16.8. The monoisotopic (exact) mass is 328 g/mol. The summed E-state index contributed by atoms with van der Waals surface area (Å²) in [5.74, 6) is 1.02. The summed E-state index contributed by atoms with van der Waals surface area (Å²) in [4.78, 5) is 16.9. The molecular weight excluding hydrogens is 304 g/mol. The molecule has 0 radical (unpaired) electrons. The van der Waals surface area contributed by atoms with Crippen molar-refractivity contribution < 1.29 is 9.53 Å². The standard InChI is InChI=1S/C18H24N4O2/c1-15(22-9-3-8-19-22)18(23)21-12-10-20(11-13-21)14-16-4-6-17(24-2)7-5-16/h3-9,15H,10-14H2,1-2H3/t15-/m1/s1. The first kappa shape index (κ1) is 16.5. The fourth-order valence-corrected chi connectivity index (χ4v) is 3.00. The van der Waals surface area contributed by atoms with Crippen molar-refractivity contribution in [2.24, 2.45) is 0 Å². The molecule has 1 aliphatic heterocycles. The highest BCUT2D eigenvalue weighted by atomic mass is 16.5. The van der Waals surface area contributed by atoms with E-state index in [0.29, 0.717) is 0 Å². The highest BCUT2D eigenvalue weighted by Gasteiger charge is 2.25. The van der Waals surface area contributed by atoms with Crippen LogP contribution in [-0.2, 0) is 11.3 Å². The van der Waals surface area contributed by atoms with Gasteiger partial charge in [-0.3, -0.25) is 14.4 Å². The van der Waals surface area contributed by atoms with Crippen LogP contribution in [0.2, 0.25) is 0 Å². The molecule has 3 rings (SSSR count). The molecule has 1 fully saturated rings. The summed E-state index contributed by atoms with van der Waals surface area (Å²) in [6, 6.07) is 9.76. The first-order valence-corrected chi connectivity index (χ1v) is 8.30. The van der Waals surface area contributed by atoms with Crippen LogP contribution in [0.1, 0.15) is 18.5 Å². The van der Waals surface area contributed by atoms with Crippen molar-refractivity contribution in [2.75, 3.05) is 33.3 Å². The van der Waals surface area contributed by atoms with Gasteiger partial charge in [0.15, 0.2) is 0 Å². The lowest BCUT2D eigenvalue weighted by atomic mass is 10.2. The number of amides is 1. The van der Waals surface area contributed by atoms with Crippen molar-refractivity contribution in [3.05, 3.63) is 48.3 Å². The van der Waals surface area contributed by atoms with Crippen molar-refractivity contribution in [1.82, 2.24) is 19.6 Å². The molecule has 24 heavy (non-hydrogen) atoms. The van der Waals surface area contributed by atoms with Crippen LogP contribution in [0.4, 0.5) is 0 Å². The zero-order valence-corrected chi connectivity index (χ0v) is 14.3. The number of methoxy groups -OCH3 is 1. The number of piperazine rings is 1. The summed E-state index contributed by atoms with van der Waals surface area (Å²) < 4.78 is 6.90. The summed E-state index contributed by atoms with van der Waals surface area (Å²) in [7, 11) is 1.68. The van der Waals surface area contributed by atoms with Gasteiger partial charge in [0, 0.05) is 45.1 Å². The molecule has 2 heterocycles.